The van der Waals surface area contributed by atoms with Gasteiger partial charge in [-0.05, 0) is 38.6 Å². The number of hydrogen-bond acceptors (Lipinski definition) is 1. The SMILES string of the molecule is CCC(C)(C)NCCC(C)(C)C. The molecule has 74 valence electrons. The Kier molecular flexibility index (Phi) is 4.25. The van der Waals surface area contributed by atoms with E-state index in [9.17, 15) is 0 Å². The fraction of sp³-hybridized carbons (Fsp3) is 1.00. The van der Waals surface area contributed by atoms with Crippen LogP contribution in [0.4, 0.5) is 0 Å². The summed E-state index contributed by atoms with van der Waals surface area (Å²) in [7, 11) is 0. The van der Waals surface area contributed by atoms with Crippen LogP contribution in [0.5, 0.6) is 0 Å². The van der Waals surface area contributed by atoms with Crippen molar-refractivity contribution in [3.05, 3.63) is 0 Å². The second kappa shape index (κ2) is 4.27. The molecule has 0 aromatic carbocycles. The average Bonchev–Trinajstić information content (AvgIpc) is 1.84. The summed E-state index contributed by atoms with van der Waals surface area (Å²) in [6, 6.07) is 0. The van der Waals surface area contributed by atoms with Gasteiger partial charge in [0.2, 0.25) is 0 Å². The molecule has 0 spiro atoms. The van der Waals surface area contributed by atoms with Gasteiger partial charge in [-0.15, -0.1) is 0 Å². The molecule has 12 heavy (non-hydrogen) atoms. The third-order valence-electron chi connectivity index (χ3n) is 2.36. The van der Waals surface area contributed by atoms with E-state index in [2.05, 4.69) is 46.9 Å². The Labute approximate surface area is 77.9 Å². The average molecular weight is 171 g/mol. The molecule has 0 aliphatic heterocycles. The minimum atomic E-state index is 0.311. The van der Waals surface area contributed by atoms with E-state index in [1.165, 1.54) is 12.8 Å². The minimum absolute atomic E-state index is 0.311. The van der Waals surface area contributed by atoms with Crippen molar-refractivity contribution in [3.63, 3.8) is 0 Å². The van der Waals surface area contributed by atoms with E-state index < -0.39 is 0 Å². The zero-order chi connectivity index (χ0) is 9.83. The summed E-state index contributed by atoms with van der Waals surface area (Å²) in [5, 5.41) is 3.57. The Balaban J connectivity index is 3.57. The van der Waals surface area contributed by atoms with Gasteiger partial charge in [-0.1, -0.05) is 27.7 Å². The normalized spacial score (nSPS) is 13.5. The Morgan fingerprint density at radius 1 is 1.00 bits per heavy atom. The number of rotatable bonds is 4. The van der Waals surface area contributed by atoms with Crippen LogP contribution in [-0.2, 0) is 0 Å². The molecule has 0 aliphatic carbocycles. The first-order valence-electron chi connectivity index (χ1n) is 5.02. The Hall–Kier alpha value is -0.0400. The number of nitrogens with one attached hydrogen (secondary N) is 1. The van der Waals surface area contributed by atoms with Crippen molar-refractivity contribution in [3.8, 4) is 0 Å². The van der Waals surface area contributed by atoms with E-state index in [4.69, 9.17) is 0 Å². The summed E-state index contributed by atoms with van der Waals surface area (Å²) in [6.07, 6.45) is 2.44. The van der Waals surface area contributed by atoms with E-state index in [1.54, 1.807) is 0 Å². The summed E-state index contributed by atoms with van der Waals surface area (Å²) in [6.45, 7) is 14.7. The van der Waals surface area contributed by atoms with Crippen LogP contribution >= 0.6 is 0 Å². The zero-order valence-corrected chi connectivity index (χ0v) is 9.62. The molecule has 0 bridgehead atoms. The van der Waals surface area contributed by atoms with Crippen LogP contribution < -0.4 is 5.32 Å². The molecule has 0 heterocycles. The summed E-state index contributed by atoms with van der Waals surface area (Å²) < 4.78 is 0. The number of hydrogen-bond donors (Lipinski definition) is 1. The van der Waals surface area contributed by atoms with Gasteiger partial charge in [0, 0.05) is 5.54 Å². The summed E-state index contributed by atoms with van der Waals surface area (Å²) in [5.41, 5.74) is 0.766. The van der Waals surface area contributed by atoms with Gasteiger partial charge >= 0.3 is 0 Å². The molecular weight excluding hydrogens is 146 g/mol. The van der Waals surface area contributed by atoms with Crippen molar-refractivity contribution in [2.75, 3.05) is 6.54 Å². The summed E-state index contributed by atoms with van der Waals surface area (Å²) >= 11 is 0. The molecule has 0 aromatic heterocycles. The molecule has 0 saturated carbocycles. The summed E-state index contributed by atoms with van der Waals surface area (Å²) in [5.74, 6) is 0. The fourth-order valence-corrected chi connectivity index (χ4v) is 0.901. The van der Waals surface area contributed by atoms with E-state index in [0.717, 1.165) is 6.54 Å². The van der Waals surface area contributed by atoms with Crippen LogP contribution in [0.1, 0.15) is 54.4 Å². The Morgan fingerprint density at radius 3 is 1.83 bits per heavy atom. The van der Waals surface area contributed by atoms with Crippen molar-refractivity contribution < 1.29 is 0 Å². The first-order valence-corrected chi connectivity index (χ1v) is 5.02. The highest BCUT2D eigenvalue weighted by atomic mass is 14.9. The van der Waals surface area contributed by atoms with Gasteiger partial charge in [-0.25, -0.2) is 0 Å². The van der Waals surface area contributed by atoms with E-state index in [1.807, 2.05) is 0 Å². The molecule has 0 unspecified atom stereocenters. The molecule has 0 aliphatic rings. The van der Waals surface area contributed by atoms with Crippen molar-refractivity contribution in [2.24, 2.45) is 5.41 Å². The maximum atomic E-state index is 3.57. The van der Waals surface area contributed by atoms with Gasteiger partial charge in [0.25, 0.3) is 0 Å². The van der Waals surface area contributed by atoms with Crippen LogP contribution in [-0.4, -0.2) is 12.1 Å². The lowest BCUT2D eigenvalue weighted by Gasteiger charge is -2.27. The molecule has 0 atom stereocenters. The molecule has 0 radical (unpaired) electrons. The van der Waals surface area contributed by atoms with Crippen molar-refractivity contribution in [1.29, 1.82) is 0 Å². The maximum absolute atomic E-state index is 3.57. The van der Waals surface area contributed by atoms with Crippen LogP contribution in [0.15, 0.2) is 0 Å². The van der Waals surface area contributed by atoms with Crippen LogP contribution in [0.2, 0.25) is 0 Å². The summed E-state index contributed by atoms with van der Waals surface area (Å²) in [4.78, 5) is 0. The van der Waals surface area contributed by atoms with Gasteiger partial charge in [0.05, 0.1) is 0 Å². The second-order valence-corrected chi connectivity index (χ2v) is 5.47. The monoisotopic (exact) mass is 171 g/mol. The first-order chi connectivity index (χ1) is 5.27. The molecule has 0 saturated heterocycles. The molecule has 0 amide bonds. The van der Waals surface area contributed by atoms with Crippen molar-refractivity contribution in [2.45, 2.75) is 59.9 Å². The highest BCUT2D eigenvalue weighted by Crippen LogP contribution is 2.18. The minimum Gasteiger partial charge on any atom is -0.312 e. The molecular formula is C11H25N. The predicted octanol–water partition coefficient (Wildman–Crippen LogP) is 3.20. The van der Waals surface area contributed by atoms with E-state index in [-0.39, 0.29) is 0 Å². The third-order valence-corrected chi connectivity index (χ3v) is 2.36. The smallest absolute Gasteiger partial charge is 0.0122 e. The van der Waals surface area contributed by atoms with Crippen LogP contribution in [0.25, 0.3) is 0 Å². The Morgan fingerprint density at radius 2 is 1.50 bits per heavy atom. The first kappa shape index (κ1) is 12.0. The quantitative estimate of drug-likeness (QED) is 0.685. The lowest BCUT2D eigenvalue weighted by molar-refractivity contribution is 0.314. The molecule has 1 nitrogen and oxygen atoms in total. The molecule has 1 heteroatoms. The largest absolute Gasteiger partial charge is 0.312 e. The van der Waals surface area contributed by atoms with Crippen molar-refractivity contribution in [1.82, 2.24) is 5.32 Å². The topological polar surface area (TPSA) is 12.0 Å². The predicted molar refractivity (Wildman–Crippen MR) is 56.4 cm³/mol. The Bertz CT molecular complexity index is 119. The van der Waals surface area contributed by atoms with Crippen LogP contribution in [0, 0.1) is 5.41 Å². The maximum Gasteiger partial charge on any atom is 0.0122 e. The van der Waals surface area contributed by atoms with Crippen LogP contribution in [0.3, 0.4) is 0 Å². The van der Waals surface area contributed by atoms with Gasteiger partial charge in [0.15, 0.2) is 0 Å². The third kappa shape index (κ3) is 6.66. The van der Waals surface area contributed by atoms with E-state index in [0.29, 0.717) is 11.0 Å². The zero-order valence-electron chi connectivity index (χ0n) is 9.62. The second-order valence-electron chi connectivity index (χ2n) is 5.47. The highest BCUT2D eigenvalue weighted by molar-refractivity contribution is 4.76. The molecule has 0 fully saturated rings. The lowest BCUT2D eigenvalue weighted by atomic mass is 9.91. The highest BCUT2D eigenvalue weighted by Gasteiger charge is 2.15. The lowest BCUT2D eigenvalue weighted by Crippen LogP contribution is -2.39. The molecule has 1 N–H and O–H groups in total. The van der Waals surface area contributed by atoms with Gasteiger partial charge in [0.1, 0.15) is 0 Å². The van der Waals surface area contributed by atoms with Crippen molar-refractivity contribution >= 4 is 0 Å². The van der Waals surface area contributed by atoms with Gasteiger partial charge < -0.3 is 5.32 Å². The fourth-order valence-electron chi connectivity index (χ4n) is 0.901. The standard InChI is InChI=1S/C11H25N/c1-7-11(5,6)12-9-8-10(2,3)4/h12H,7-9H2,1-6H3. The van der Waals surface area contributed by atoms with E-state index >= 15 is 0 Å². The molecule has 0 aromatic rings. The molecule has 0 rings (SSSR count). The van der Waals surface area contributed by atoms with Gasteiger partial charge in [-0.3, -0.25) is 0 Å². The van der Waals surface area contributed by atoms with Gasteiger partial charge in [-0.2, -0.15) is 0 Å².